The Bertz CT molecular complexity index is 1140. The van der Waals surface area contributed by atoms with Crippen molar-refractivity contribution in [3.8, 4) is 34.3 Å². The highest BCUT2D eigenvalue weighted by Crippen LogP contribution is 2.44. The van der Waals surface area contributed by atoms with Gasteiger partial charge < -0.3 is 18.9 Å². The lowest BCUT2D eigenvalue weighted by molar-refractivity contribution is -0.686. The zero-order valence-corrected chi connectivity index (χ0v) is 16.6. The minimum Gasteiger partial charge on any atom is -0.454 e. The monoisotopic (exact) mass is 390 g/mol. The third-order valence-electron chi connectivity index (χ3n) is 6.27. The van der Waals surface area contributed by atoms with Crippen molar-refractivity contribution in [1.29, 1.82) is 0 Å². The van der Waals surface area contributed by atoms with Crippen molar-refractivity contribution in [3.05, 3.63) is 41.6 Å². The summed E-state index contributed by atoms with van der Waals surface area (Å²) in [5, 5.41) is 2.42. The quantitative estimate of drug-likeness (QED) is 0.484. The molecule has 0 fully saturated rings. The number of fused-ring (bicyclic) bond motifs is 7. The van der Waals surface area contributed by atoms with Gasteiger partial charge in [-0.05, 0) is 42.7 Å². The van der Waals surface area contributed by atoms with E-state index >= 15 is 0 Å². The maximum absolute atomic E-state index is 5.84. The molecule has 148 valence electrons. The summed E-state index contributed by atoms with van der Waals surface area (Å²) < 4.78 is 25.2. The highest BCUT2D eigenvalue weighted by Gasteiger charge is 2.32. The van der Waals surface area contributed by atoms with Crippen molar-refractivity contribution in [2.45, 2.75) is 45.6 Å². The maximum Gasteiger partial charge on any atom is 0.231 e. The van der Waals surface area contributed by atoms with Gasteiger partial charge in [-0.1, -0.05) is 19.8 Å². The Morgan fingerprint density at radius 1 is 0.897 bits per heavy atom. The molecule has 0 radical (unpaired) electrons. The molecule has 0 unspecified atom stereocenters. The fourth-order valence-corrected chi connectivity index (χ4v) is 4.86. The highest BCUT2D eigenvalue weighted by molar-refractivity contribution is 5.95. The Morgan fingerprint density at radius 3 is 2.62 bits per heavy atom. The van der Waals surface area contributed by atoms with Gasteiger partial charge in [0.15, 0.2) is 35.7 Å². The summed E-state index contributed by atoms with van der Waals surface area (Å²) in [4.78, 5) is 0. The summed E-state index contributed by atoms with van der Waals surface area (Å²) in [6.45, 7) is 3.81. The predicted molar refractivity (Wildman–Crippen MR) is 109 cm³/mol. The van der Waals surface area contributed by atoms with Crippen LogP contribution in [0, 0.1) is 0 Å². The molecule has 0 saturated carbocycles. The summed E-state index contributed by atoms with van der Waals surface area (Å²) >= 11 is 0. The first-order valence-corrected chi connectivity index (χ1v) is 10.5. The average Bonchev–Trinajstić information content (AvgIpc) is 3.40. The smallest absolute Gasteiger partial charge is 0.231 e. The Balaban J connectivity index is 1.61. The van der Waals surface area contributed by atoms with Crippen LogP contribution in [0.1, 0.15) is 37.3 Å². The van der Waals surface area contributed by atoms with Gasteiger partial charge in [-0.2, -0.15) is 4.57 Å². The van der Waals surface area contributed by atoms with Gasteiger partial charge in [0.1, 0.15) is 0 Å². The summed E-state index contributed by atoms with van der Waals surface area (Å²) in [5.74, 6) is 3.44. The van der Waals surface area contributed by atoms with Gasteiger partial charge in [-0.25, -0.2) is 0 Å². The molecule has 0 bridgehead atoms. The van der Waals surface area contributed by atoms with Gasteiger partial charge in [0.2, 0.25) is 19.3 Å². The highest BCUT2D eigenvalue weighted by atomic mass is 16.7. The predicted octanol–water partition coefficient (Wildman–Crippen LogP) is 4.54. The number of ether oxygens (including phenoxy) is 4. The Kier molecular flexibility index (Phi) is 3.83. The molecule has 0 spiro atoms. The average molecular weight is 390 g/mol. The van der Waals surface area contributed by atoms with E-state index in [-0.39, 0.29) is 0 Å². The zero-order chi connectivity index (χ0) is 19.4. The molecule has 29 heavy (non-hydrogen) atoms. The summed E-state index contributed by atoms with van der Waals surface area (Å²) in [5.41, 5.74) is 5.32. The lowest BCUT2D eigenvalue weighted by atomic mass is 9.89. The molecule has 0 N–H and O–H groups in total. The van der Waals surface area contributed by atoms with Crippen molar-refractivity contribution in [3.63, 3.8) is 0 Å². The van der Waals surface area contributed by atoms with Crippen molar-refractivity contribution in [2.75, 3.05) is 13.6 Å². The van der Waals surface area contributed by atoms with E-state index < -0.39 is 0 Å². The van der Waals surface area contributed by atoms with E-state index in [4.69, 9.17) is 18.9 Å². The van der Waals surface area contributed by atoms with E-state index in [0.717, 1.165) is 47.8 Å². The second kappa shape index (κ2) is 6.55. The minimum atomic E-state index is 0.299. The molecule has 0 amide bonds. The fourth-order valence-electron chi connectivity index (χ4n) is 4.86. The van der Waals surface area contributed by atoms with Crippen LogP contribution in [0.5, 0.6) is 23.0 Å². The topological polar surface area (TPSA) is 40.8 Å². The maximum atomic E-state index is 5.84. The number of rotatable bonds is 4. The minimum absolute atomic E-state index is 0.299. The van der Waals surface area contributed by atoms with Gasteiger partial charge in [0.25, 0.3) is 0 Å². The van der Waals surface area contributed by atoms with E-state index in [2.05, 4.69) is 42.0 Å². The van der Waals surface area contributed by atoms with Crippen molar-refractivity contribution < 1.29 is 23.5 Å². The molecule has 5 heteroatoms. The van der Waals surface area contributed by atoms with E-state index in [1.807, 2.05) is 0 Å². The normalized spacial score (nSPS) is 15.5. The van der Waals surface area contributed by atoms with Crippen LogP contribution in [0.2, 0.25) is 0 Å². The van der Waals surface area contributed by atoms with Gasteiger partial charge in [-0.15, -0.1) is 0 Å². The molecular formula is C24H24NO4+. The van der Waals surface area contributed by atoms with E-state index in [0.29, 0.717) is 13.6 Å². The number of aryl methyl sites for hydroxylation is 3. The Labute approximate surface area is 169 Å². The number of aromatic nitrogens is 1. The van der Waals surface area contributed by atoms with Crippen LogP contribution in [-0.2, 0) is 19.4 Å². The SMILES string of the molecule is CCCCCc1c2[n+](cc3c4c(ccc13)OCO4)CCc1cc3c(cc1-2)OCO3. The van der Waals surface area contributed by atoms with Crippen LogP contribution in [-0.4, -0.2) is 13.6 Å². The Morgan fingerprint density at radius 2 is 1.72 bits per heavy atom. The van der Waals surface area contributed by atoms with Crippen molar-refractivity contribution in [1.82, 2.24) is 0 Å². The second-order valence-corrected chi connectivity index (χ2v) is 7.98. The first-order chi connectivity index (χ1) is 14.3. The molecule has 3 aliphatic rings. The Hall–Kier alpha value is -2.95. The molecule has 3 aliphatic heterocycles. The van der Waals surface area contributed by atoms with Crippen LogP contribution in [0.4, 0.5) is 0 Å². The summed E-state index contributed by atoms with van der Waals surface area (Å²) in [6, 6.07) is 8.59. The first-order valence-electron chi connectivity index (χ1n) is 10.5. The summed E-state index contributed by atoms with van der Waals surface area (Å²) in [7, 11) is 0. The lowest BCUT2D eigenvalue weighted by Gasteiger charge is -2.20. The van der Waals surface area contributed by atoms with Crippen LogP contribution in [0.15, 0.2) is 30.5 Å². The van der Waals surface area contributed by atoms with Crippen molar-refractivity contribution in [2.24, 2.45) is 0 Å². The molecule has 0 aliphatic carbocycles. The van der Waals surface area contributed by atoms with Crippen LogP contribution in [0.25, 0.3) is 22.0 Å². The fraction of sp³-hybridized carbons (Fsp3) is 0.375. The molecule has 6 rings (SSSR count). The lowest BCUT2D eigenvalue weighted by Crippen LogP contribution is -2.41. The van der Waals surface area contributed by atoms with Gasteiger partial charge >= 0.3 is 0 Å². The van der Waals surface area contributed by atoms with Gasteiger partial charge in [-0.3, -0.25) is 0 Å². The third-order valence-corrected chi connectivity index (χ3v) is 6.27. The van der Waals surface area contributed by atoms with E-state index in [1.54, 1.807) is 0 Å². The standard InChI is InChI=1S/C24H24NO4/c1-2-3-4-5-17-16-6-7-20-24(29-14-26-20)19(16)12-25-9-8-15-10-21-22(28-13-27-21)11-18(15)23(17)25/h6-7,10-12H,2-5,8-9,13-14H2,1H3/q+1. The van der Waals surface area contributed by atoms with Gasteiger partial charge in [0, 0.05) is 17.4 Å². The van der Waals surface area contributed by atoms with E-state index in [1.165, 1.54) is 47.0 Å². The van der Waals surface area contributed by atoms with Crippen molar-refractivity contribution >= 4 is 10.8 Å². The number of hydrogen-bond acceptors (Lipinski definition) is 4. The number of unbranched alkanes of at least 4 members (excludes halogenated alkanes) is 2. The third kappa shape index (κ3) is 2.56. The number of benzene rings is 2. The molecule has 4 heterocycles. The van der Waals surface area contributed by atoms with Crippen LogP contribution < -0.4 is 23.5 Å². The van der Waals surface area contributed by atoms with Crippen LogP contribution in [0.3, 0.4) is 0 Å². The molecule has 2 aromatic carbocycles. The molecule has 5 nitrogen and oxygen atoms in total. The molecule has 0 saturated heterocycles. The first kappa shape index (κ1) is 17.0. The molecule has 0 atom stereocenters. The summed E-state index contributed by atoms with van der Waals surface area (Å²) in [6.07, 6.45) is 7.89. The molecule has 1 aromatic heterocycles. The van der Waals surface area contributed by atoms with E-state index in [9.17, 15) is 0 Å². The number of nitrogens with zero attached hydrogens (tertiary/aromatic N) is 1. The molecule has 3 aromatic rings. The second-order valence-electron chi connectivity index (χ2n) is 7.98. The van der Waals surface area contributed by atoms with Gasteiger partial charge in [0.05, 0.1) is 10.9 Å². The number of hydrogen-bond donors (Lipinski definition) is 0. The number of pyridine rings is 1. The molecular weight excluding hydrogens is 366 g/mol. The zero-order valence-electron chi connectivity index (χ0n) is 16.6. The largest absolute Gasteiger partial charge is 0.454 e. The van der Waals surface area contributed by atoms with Crippen LogP contribution >= 0.6 is 0 Å².